The summed E-state index contributed by atoms with van der Waals surface area (Å²) in [6.07, 6.45) is -0.666. The first kappa shape index (κ1) is 6.96. The maximum atomic E-state index is 12.4. The average molecular weight is 133 g/mol. The Morgan fingerprint density at radius 2 is 2.33 bits per heavy atom. The van der Waals surface area contributed by atoms with Crippen molar-refractivity contribution in [2.75, 3.05) is 19.7 Å². The van der Waals surface area contributed by atoms with Crippen molar-refractivity contribution >= 4 is 0 Å². The highest BCUT2D eigenvalue weighted by molar-refractivity contribution is 4.66. The highest BCUT2D eigenvalue weighted by Gasteiger charge is 2.13. The second-order valence-corrected chi connectivity index (χ2v) is 2.40. The maximum Gasteiger partial charge on any atom is 0.136 e. The minimum Gasteiger partial charge on any atom is -0.374 e. The van der Waals surface area contributed by atoms with Crippen LogP contribution in [-0.2, 0) is 4.74 Å². The second-order valence-electron chi connectivity index (χ2n) is 2.40. The van der Waals surface area contributed by atoms with Crippen LogP contribution in [-0.4, -0.2) is 32.0 Å². The lowest BCUT2D eigenvalue weighted by atomic mass is 10.4. The van der Waals surface area contributed by atoms with Crippen molar-refractivity contribution in [2.45, 2.75) is 19.2 Å². The molecule has 0 aromatic heterocycles. The van der Waals surface area contributed by atoms with E-state index in [0.717, 1.165) is 6.54 Å². The number of rotatable bonds is 0. The molecule has 0 aliphatic carbocycles. The third-order valence-corrected chi connectivity index (χ3v) is 1.36. The summed E-state index contributed by atoms with van der Waals surface area (Å²) in [4.78, 5) is 0. The number of hydrogen-bond donors (Lipinski definition) is 1. The lowest BCUT2D eigenvalue weighted by molar-refractivity contribution is 0.0505. The van der Waals surface area contributed by atoms with Crippen LogP contribution >= 0.6 is 0 Å². The quantitative estimate of drug-likeness (QED) is 0.514. The predicted molar refractivity (Wildman–Crippen MR) is 33.2 cm³/mol. The summed E-state index contributed by atoms with van der Waals surface area (Å²) < 4.78 is 17.5. The van der Waals surface area contributed by atoms with Gasteiger partial charge < -0.3 is 10.1 Å². The Morgan fingerprint density at radius 3 is 3.11 bits per heavy atom. The minimum atomic E-state index is -0.824. The molecule has 0 spiro atoms. The van der Waals surface area contributed by atoms with Gasteiger partial charge in [-0.3, -0.25) is 0 Å². The predicted octanol–water partition coefficient (Wildman–Crippen LogP) is 0.333. The van der Waals surface area contributed by atoms with Crippen molar-refractivity contribution < 1.29 is 9.13 Å². The Balaban J connectivity index is 2.25. The van der Waals surface area contributed by atoms with Crippen LogP contribution in [0.1, 0.15) is 6.92 Å². The van der Waals surface area contributed by atoms with Crippen LogP contribution in [0.3, 0.4) is 0 Å². The van der Waals surface area contributed by atoms with E-state index in [4.69, 9.17) is 4.74 Å². The zero-order chi connectivity index (χ0) is 6.69. The molecule has 0 saturated carbocycles. The molecule has 1 aliphatic rings. The van der Waals surface area contributed by atoms with Crippen molar-refractivity contribution in [3.05, 3.63) is 0 Å². The molecular formula is C6H12FNO. The molecular weight excluding hydrogens is 121 g/mol. The lowest BCUT2D eigenvalue weighted by Crippen LogP contribution is -2.25. The third kappa shape index (κ3) is 2.28. The largest absolute Gasteiger partial charge is 0.374 e. The number of hydrogen-bond acceptors (Lipinski definition) is 2. The Morgan fingerprint density at radius 1 is 1.56 bits per heavy atom. The van der Waals surface area contributed by atoms with Crippen molar-refractivity contribution in [1.29, 1.82) is 0 Å². The molecule has 0 aromatic carbocycles. The summed E-state index contributed by atoms with van der Waals surface area (Å²) in [6, 6.07) is 0. The van der Waals surface area contributed by atoms with Gasteiger partial charge in [-0.25, -0.2) is 4.39 Å². The topological polar surface area (TPSA) is 21.3 Å². The van der Waals surface area contributed by atoms with Crippen molar-refractivity contribution in [3.63, 3.8) is 0 Å². The first-order chi connectivity index (χ1) is 4.29. The molecule has 1 heterocycles. The van der Waals surface area contributed by atoms with E-state index in [0.29, 0.717) is 6.54 Å². The normalized spacial score (nSPS) is 38.0. The monoisotopic (exact) mass is 133 g/mol. The molecule has 54 valence electrons. The SMILES string of the molecule is C[C@@H]1CNC[C@@H](F)CO1. The summed E-state index contributed by atoms with van der Waals surface area (Å²) in [6.45, 7) is 3.38. The molecule has 9 heavy (non-hydrogen) atoms. The first-order valence-electron chi connectivity index (χ1n) is 3.25. The van der Waals surface area contributed by atoms with Gasteiger partial charge in [0, 0.05) is 13.1 Å². The molecule has 0 bridgehead atoms. The van der Waals surface area contributed by atoms with Gasteiger partial charge in [-0.2, -0.15) is 0 Å². The van der Waals surface area contributed by atoms with Crippen LogP contribution in [0.2, 0.25) is 0 Å². The van der Waals surface area contributed by atoms with Gasteiger partial charge in [0.25, 0.3) is 0 Å². The van der Waals surface area contributed by atoms with Crippen molar-refractivity contribution in [1.82, 2.24) is 5.32 Å². The standard InChI is InChI=1S/C6H12FNO/c1-5-2-8-3-6(7)4-9-5/h5-6,8H,2-4H2,1H3/t5-,6-/m1/s1. The fourth-order valence-electron chi connectivity index (χ4n) is 0.830. The van der Waals surface area contributed by atoms with E-state index < -0.39 is 6.17 Å². The van der Waals surface area contributed by atoms with E-state index >= 15 is 0 Å². The summed E-state index contributed by atoms with van der Waals surface area (Å²) in [7, 11) is 0. The maximum absolute atomic E-state index is 12.4. The van der Waals surface area contributed by atoms with Gasteiger partial charge >= 0.3 is 0 Å². The van der Waals surface area contributed by atoms with E-state index in [1.165, 1.54) is 0 Å². The van der Waals surface area contributed by atoms with Gasteiger partial charge in [-0.1, -0.05) is 0 Å². The minimum absolute atomic E-state index is 0.158. The van der Waals surface area contributed by atoms with E-state index in [9.17, 15) is 4.39 Å². The van der Waals surface area contributed by atoms with Crippen LogP contribution in [0.5, 0.6) is 0 Å². The Kier molecular flexibility index (Phi) is 2.42. The molecule has 3 heteroatoms. The number of nitrogens with one attached hydrogen (secondary N) is 1. The van der Waals surface area contributed by atoms with Crippen molar-refractivity contribution in [2.24, 2.45) is 0 Å². The molecule has 1 fully saturated rings. The van der Waals surface area contributed by atoms with E-state index in [1.807, 2.05) is 6.92 Å². The van der Waals surface area contributed by atoms with Gasteiger partial charge in [0.15, 0.2) is 0 Å². The summed E-state index contributed by atoms with van der Waals surface area (Å²) in [5.41, 5.74) is 0. The molecule has 2 nitrogen and oxygen atoms in total. The van der Waals surface area contributed by atoms with Crippen LogP contribution < -0.4 is 5.32 Å². The first-order valence-corrected chi connectivity index (χ1v) is 3.25. The van der Waals surface area contributed by atoms with Crippen LogP contribution in [0.15, 0.2) is 0 Å². The number of ether oxygens (including phenoxy) is 1. The molecule has 0 unspecified atom stereocenters. The smallest absolute Gasteiger partial charge is 0.136 e. The molecule has 0 amide bonds. The van der Waals surface area contributed by atoms with Crippen LogP contribution in [0, 0.1) is 0 Å². The molecule has 1 saturated heterocycles. The van der Waals surface area contributed by atoms with E-state index in [-0.39, 0.29) is 12.7 Å². The summed E-state index contributed by atoms with van der Waals surface area (Å²) >= 11 is 0. The zero-order valence-corrected chi connectivity index (χ0v) is 5.56. The molecule has 1 N–H and O–H groups in total. The molecule has 2 atom stereocenters. The second kappa shape index (κ2) is 3.13. The Hall–Kier alpha value is -0.150. The van der Waals surface area contributed by atoms with E-state index in [1.54, 1.807) is 0 Å². The molecule has 1 aliphatic heterocycles. The van der Waals surface area contributed by atoms with Gasteiger partial charge in [0.05, 0.1) is 12.7 Å². The van der Waals surface area contributed by atoms with Gasteiger partial charge in [-0.15, -0.1) is 0 Å². The van der Waals surface area contributed by atoms with Gasteiger partial charge in [0.1, 0.15) is 6.17 Å². The Labute approximate surface area is 54.4 Å². The highest BCUT2D eigenvalue weighted by Crippen LogP contribution is 1.99. The lowest BCUT2D eigenvalue weighted by Gasteiger charge is -2.06. The number of halogens is 1. The summed E-state index contributed by atoms with van der Waals surface area (Å²) in [5, 5.41) is 2.95. The fourth-order valence-corrected chi connectivity index (χ4v) is 0.830. The van der Waals surface area contributed by atoms with Gasteiger partial charge in [0.2, 0.25) is 0 Å². The van der Waals surface area contributed by atoms with Crippen LogP contribution in [0.4, 0.5) is 4.39 Å². The van der Waals surface area contributed by atoms with Crippen molar-refractivity contribution in [3.8, 4) is 0 Å². The molecule has 0 radical (unpaired) electrons. The third-order valence-electron chi connectivity index (χ3n) is 1.36. The molecule has 1 rings (SSSR count). The number of alkyl halides is 1. The Bertz CT molecular complexity index is 79.1. The fraction of sp³-hybridized carbons (Fsp3) is 1.00. The zero-order valence-electron chi connectivity index (χ0n) is 5.56. The van der Waals surface area contributed by atoms with Crippen LogP contribution in [0.25, 0.3) is 0 Å². The van der Waals surface area contributed by atoms with E-state index in [2.05, 4.69) is 5.32 Å². The average Bonchev–Trinajstić information content (AvgIpc) is 1.97. The molecule has 0 aromatic rings. The summed E-state index contributed by atoms with van der Waals surface area (Å²) in [5.74, 6) is 0. The highest BCUT2D eigenvalue weighted by atomic mass is 19.1. The van der Waals surface area contributed by atoms with Gasteiger partial charge in [-0.05, 0) is 6.92 Å².